The molecule has 0 aromatic heterocycles. The zero-order valence-electron chi connectivity index (χ0n) is 11.4. The fraction of sp³-hybridized carbons (Fsp3) is 0.467. The molecule has 0 saturated heterocycles. The van der Waals surface area contributed by atoms with Crippen molar-refractivity contribution in [2.75, 3.05) is 0 Å². The fourth-order valence-electron chi connectivity index (χ4n) is 2.57. The second-order valence-corrected chi connectivity index (χ2v) is 5.32. The molecule has 0 bridgehead atoms. The van der Waals surface area contributed by atoms with Gasteiger partial charge in [-0.2, -0.15) is 5.26 Å². The summed E-state index contributed by atoms with van der Waals surface area (Å²) >= 11 is 0. The predicted octanol–water partition coefficient (Wildman–Crippen LogP) is 3.45. The number of hydrogen-bond acceptors (Lipinski definition) is 2. The monoisotopic (exact) mass is 296 g/mol. The van der Waals surface area contributed by atoms with Gasteiger partial charge in [-0.15, -0.1) is 0 Å². The van der Waals surface area contributed by atoms with Crippen LogP contribution in [0.2, 0.25) is 0 Å². The minimum absolute atomic E-state index is 0.328. The number of nitriles is 1. The molecule has 0 radical (unpaired) electrons. The summed E-state index contributed by atoms with van der Waals surface area (Å²) in [7, 11) is 0. The van der Waals surface area contributed by atoms with E-state index in [2.05, 4.69) is 11.4 Å². The molecule has 21 heavy (non-hydrogen) atoms. The number of carbonyl (C=O) groups excluding carboxylic acids is 1. The van der Waals surface area contributed by atoms with E-state index in [1.807, 2.05) is 0 Å². The smallest absolute Gasteiger partial charge is 0.252 e. The van der Waals surface area contributed by atoms with Crippen molar-refractivity contribution in [3.05, 3.63) is 35.1 Å². The zero-order valence-corrected chi connectivity index (χ0v) is 11.4. The van der Waals surface area contributed by atoms with E-state index in [0.29, 0.717) is 25.0 Å². The lowest BCUT2D eigenvalue weighted by atomic mass is 9.91. The number of rotatable bonds is 2. The van der Waals surface area contributed by atoms with Crippen LogP contribution in [0, 0.1) is 28.8 Å². The van der Waals surface area contributed by atoms with Gasteiger partial charge < -0.3 is 5.32 Å². The molecule has 1 aliphatic rings. The van der Waals surface area contributed by atoms with Crippen molar-refractivity contribution in [3.8, 4) is 6.07 Å². The molecule has 1 fully saturated rings. The van der Waals surface area contributed by atoms with E-state index in [1.165, 1.54) is 0 Å². The van der Waals surface area contributed by atoms with E-state index < -0.39 is 28.9 Å². The van der Waals surface area contributed by atoms with Crippen molar-refractivity contribution >= 4 is 5.91 Å². The van der Waals surface area contributed by atoms with Crippen LogP contribution < -0.4 is 5.32 Å². The standard InChI is InChI=1S/C15H15F3N2O/c16-11-7-10(8-12(17)13(11)18)14(21)20-15(9-19)5-3-1-2-4-6-15/h7-8H,1-6H2,(H,20,21). The van der Waals surface area contributed by atoms with E-state index in [0.717, 1.165) is 25.7 Å². The Kier molecular flexibility index (Phi) is 4.51. The van der Waals surface area contributed by atoms with E-state index in [4.69, 9.17) is 0 Å². The van der Waals surface area contributed by atoms with Crippen LogP contribution >= 0.6 is 0 Å². The lowest BCUT2D eigenvalue weighted by Crippen LogP contribution is -2.47. The normalized spacial score (nSPS) is 17.6. The maximum atomic E-state index is 13.2. The first-order valence-corrected chi connectivity index (χ1v) is 6.86. The number of halogens is 3. The minimum Gasteiger partial charge on any atom is -0.334 e. The van der Waals surface area contributed by atoms with Gasteiger partial charge in [0.2, 0.25) is 0 Å². The predicted molar refractivity (Wildman–Crippen MR) is 69.8 cm³/mol. The van der Waals surface area contributed by atoms with Crippen LogP contribution in [0.1, 0.15) is 48.9 Å². The third-order valence-corrected chi connectivity index (χ3v) is 3.77. The summed E-state index contributed by atoms with van der Waals surface area (Å²) in [5.74, 6) is -5.23. The first-order valence-electron chi connectivity index (χ1n) is 6.86. The Labute approximate surface area is 120 Å². The van der Waals surface area contributed by atoms with Gasteiger partial charge in [0.25, 0.3) is 5.91 Å². The fourth-order valence-corrected chi connectivity index (χ4v) is 2.57. The highest BCUT2D eigenvalue weighted by atomic mass is 19.2. The molecular weight excluding hydrogens is 281 g/mol. The molecule has 3 nitrogen and oxygen atoms in total. The van der Waals surface area contributed by atoms with Crippen LogP contribution in [-0.2, 0) is 0 Å². The highest BCUT2D eigenvalue weighted by Gasteiger charge is 2.33. The Balaban J connectivity index is 2.22. The van der Waals surface area contributed by atoms with Gasteiger partial charge in [0.05, 0.1) is 6.07 Å². The average molecular weight is 296 g/mol. The largest absolute Gasteiger partial charge is 0.334 e. The topological polar surface area (TPSA) is 52.9 Å². The highest BCUT2D eigenvalue weighted by molar-refractivity contribution is 5.95. The van der Waals surface area contributed by atoms with Crippen LogP contribution in [0.5, 0.6) is 0 Å². The quantitative estimate of drug-likeness (QED) is 0.671. The molecule has 1 aromatic rings. The second-order valence-electron chi connectivity index (χ2n) is 5.32. The van der Waals surface area contributed by atoms with Crippen molar-refractivity contribution in [1.29, 1.82) is 5.26 Å². The summed E-state index contributed by atoms with van der Waals surface area (Å²) in [5, 5.41) is 11.9. The first kappa shape index (κ1) is 15.4. The van der Waals surface area contributed by atoms with Crippen LogP contribution in [0.25, 0.3) is 0 Å². The van der Waals surface area contributed by atoms with E-state index in [9.17, 15) is 23.2 Å². The van der Waals surface area contributed by atoms with Crippen LogP contribution in [0.15, 0.2) is 12.1 Å². The maximum absolute atomic E-state index is 13.2. The van der Waals surface area contributed by atoms with Gasteiger partial charge in [0.15, 0.2) is 17.5 Å². The van der Waals surface area contributed by atoms with Crippen LogP contribution in [-0.4, -0.2) is 11.4 Å². The molecule has 1 saturated carbocycles. The molecule has 0 unspecified atom stereocenters. The molecule has 1 N–H and O–H groups in total. The van der Waals surface area contributed by atoms with E-state index >= 15 is 0 Å². The molecule has 0 heterocycles. The van der Waals surface area contributed by atoms with Gasteiger partial charge in [-0.3, -0.25) is 4.79 Å². The summed E-state index contributed by atoms with van der Waals surface area (Å²) in [4.78, 5) is 12.1. The number of benzene rings is 1. The van der Waals surface area contributed by atoms with Crippen molar-refractivity contribution in [3.63, 3.8) is 0 Å². The lowest BCUT2D eigenvalue weighted by molar-refractivity contribution is 0.0911. The number of nitrogens with zero attached hydrogens (tertiary/aromatic N) is 1. The molecule has 0 spiro atoms. The Morgan fingerprint density at radius 1 is 1.10 bits per heavy atom. The number of hydrogen-bond donors (Lipinski definition) is 1. The Bertz CT molecular complexity index is 564. The Hall–Kier alpha value is -2.03. The number of nitrogens with one attached hydrogen (secondary N) is 1. The summed E-state index contributed by atoms with van der Waals surface area (Å²) in [6.07, 6.45) is 4.58. The summed E-state index contributed by atoms with van der Waals surface area (Å²) in [6.45, 7) is 0. The SMILES string of the molecule is N#CC1(NC(=O)c2cc(F)c(F)c(F)c2)CCCCCC1. The minimum atomic E-state index is -1.61. The van der Waals surface area contributed by atoms with Gasteiger partial charge in [0.1, 0.15) is 5.54 Å². The molecule has 112 valence electrons. The van der Waals surface area contributed by atoms with Crippen molar-refractivity contribution in [2.24, 2.45) is 0 Å². The summed E-state index contributed by atoms with van der Waals surface area (Å²) in [5.41, 5.74) is -1.35. The van der Waals surface area contributed by atoms with Gasteiger partial charge in [-0.05, 0) is 25.0 Å². The Morgan fingerprint density at radius 2 is 1.62 bits per heavy atom. The lowest BCUT2D eigenvalue weighted by Gasteiger charge is -2.26. The third kappa shape index (κ3) is 3.35. The van der Waals surface area contributed by atoms with Crippen molar-refractivity contribution < 1.29 is 18.0 Å². The Morgan fingerprint density at radius 3 is 2.10 bits per heavy atom. The van der Waals surface area contributed by atoms with Gasteiger partial charge in [-0.25, -0.2) is 13.2 Å². The van der Waals surface area contributed by atoms with Gasteiger partial charge in [0, 0.05) is 5.56 Å². The van der Waals surface area contributed by atoms with Crippen LogP contribution in [0.4, 0.5) is 13.2 Å². The zero-order chi connectivity index (χ0) is 15.5. The van der Waals surface area contributed by atoms with Crippen molar-refractivity contribution in [2.45, 2.75) is 44.1 Å². The first-order chi connectivity index (χ1) is 9.97. The molecule has 2 rings (SSSR count). The van der Waals surface area contributed by atoms with Gasteiger partial charge in [-0.1, -0.05) is 25.7 Å². The van der Waals surface area contributed by atoms with Crippen LogP contribution in [0.3, 0.4) is 0 Å². The number of amides is 1. The third-order valence-electron chi connectivity index (χ3n) is 3.77. The maximum Gasteiger partial charge on any atom is 0.252 e. The molecule has 6 heteroatoms. The summed E-state index contributed by atoms with van der Waals surface area (Å²) < 4.78 is 39.2. The second kappa shape index (κ2) is 6.17. The molecule has 1 aromatic carbocycles. The summed E-state index contributed by atoms with van der Waals surface area (Å²) in [6, 6.07) is 3.37. The highest BCUT2D eigenvalue weighted by Crippen LogP contribution is 2.27. The number of carbonyl (C=O) groups is 1. The molecule has 0 aliphatic heterocycles. The molecule has 0 atom stereocenters. The van der Waals surface area contributed by atoms with Gasteiger partial charge >= 0.3 is 0 Å². The van der Waals surface area contributed by atoms with E-state index in [-0.39, 0.29) is 5.56 Å². The molecular formula is C15H15F3N2O. The molecule has 1 amide bonds. The van der Waals surface area contributed by atoms with Crippen molar-refractivity contribution in [1.82, 2.24) is 5.32 Å². The molecule has 1 aliphatic carbocycles. The average Bonchev–Trinajstić information content (AvgIpc) is 2.70. The van der Waals surface area contributed by atoms with E-state index in [1.54, 1.807) is 0 Å².